The van der Waals surface area contributed by atoms with Gasteiger partial charge in [0.15, 0.2) is 0 Å². The number of likely N-dealkylation sites (tertiary alicyclic amines) is 2. The lowest BCUT2D eigenvalue weighted by Gasteiger charge is -2.38. The van der Waals surface area contributed by atoms with E-state index in [1.54, 1.807) is 0 Å². The normalized spacial score (nSPS) is 20.9. The molecule has 2 fully saturated rings. The number of halogens is 4. The van der Waals surface area contributed by atoms with Crippen LogP contribution in [0.4, 0.5) is 17.6 Å². The zero-order valence-corrected chi connectivity index (χ0v) is 18.7. The molecule has 1 N–H and O–H groups in total. The Morgan fingerprint density at radius 1 is 1.12 bits per heavy atom. The van der Waals surface area contributed by atoms with E-state index in [1.807, 2.05) is 4.90 Å². The quantitative estimate of drug-likeness (QED) is 0.594. The van der Waals surface area contributed by atoms with Crippen molar-refractivity contribution < 1.29 is 22.4 Å². The van der Waals surface area contributed by atoms with Gasteiger partial charge in [-0.2, -0.15) is 13.2 Å². The van der Waals surface area contributed by atoms with Crippen LogP contribution in [0.5, 0.6) is 0 Å². The Balaban J connectivity index is 1.46. The van der Waals surface area contributed by atoms with Crippen molar-refractivity contribution in [2.75, 3.05) is 32.7 Å². The van der Waals surface area contributed by atoms with Gasteiger partial charge >= 0.3 is 6.18 Å². The highest BCUT2D eigenvalue weighted by Gasteiger charge is 2.32. The zero-order chi connectivity index (χ0) is 23.3. The van der Waals surface area contributed by atoms with Crippen LogP contribution in [0.1, 0.15) is 56.6 Å². The van der Waals surface area contributed by atoms with Crippen LogP contribution in [0.3, 0.4) is 0 Å². The summed E-state index contributed by atoms with van der Waals surface area (Å²) < 4.78 is 52.4. The molecule has 0 spiro atoms. The topological polar surface area (TPSA) is 35.6 Å². The molecule has 178 valence electrons. The van der Waals surface area contributed by atoms with Gasteiger partial charge in [0.1, 0.15) is 5.82 Å². The molecule has 0 saturated carbocycles. The van der Waals surface area contributed by atoms with Crippen molar-refractivity contribution in [1.82, 2.24) is 15.1 Å². The van der Waals surface area contributed by atoms with Gasteiger partial charge in [-0.25, -0.2) is 4.39 Å². The van der Waals surface area contributed by atoms with E-state index in [1.165, 1.54) is 6.42 Å². The van der Waals surface area contributed by atoms with Crippen LogP contribution in [0.15, 0.2) is 24.8 Å². The predicted molar refractivity (Wildman–Crippen MR) is 117 cm³/mol. The van der Waals surface area contributed by atoms with Gasteiger partial charge in [-0.3, -0.25) is 9.69 Å². The molecular weight excluding hydrogens is 422 g/mol. The standard InChI is InChI=1S/C24H33F4N3O/c1-3-22-6-4-5-9-31(22)16-23(32)30-10-7-18(8-11-30)15-29-17(2)19-12-20(24(26,27)28)14-21(25)13-19/h12-14,18,22,29H,2-11,15-16H2,1H3. The van der Waals surface area contributed by atoms with Gasteiger partial charge in [0.05, 0.1) is 12.1 Å². The molecule has 3 rings (SSSR count). The summed E-state index contributed by atoms with van der Waals surface area (Å²) in [4.78, 5) is 17.0. The first kappa shape index (κ1) is 24.6. The maximum atomic E-state index is 13.6. The molecule has 0 aliphatic carbocycles. The average Bonchev–Trinajstić information content (AvgIpc) is 2.77. The lowest BCUT2D eigenvalue weighted by molar-refractivity contribution is -0.138. The van der Waals surface area contributed by atoms with E-state index in [0.29, 0.717) is 38.3 Å². The third-order valence-electron chi connectivity index (χ3n) is 6.70. The molecule has 2 aliphatic heterocycles. The molecule has 1 aromatic carbocycles. The summed E-state index contributed by atoms with van der Waals surface area (Å²) in [5.74, 6) is -0.478. The monoisotopic (exact) mass is 455 g/mol. The van der Waals surface area contributed by atoms with Crippen molar-refractivity contribution in [3.05, 3.63) is 41.7 Å². The second-order valence-corrected chi connectivity index (χ2v) is 8.94. The fourth-order valence-corrected chi connectivity index (χ4v) is 4.69. The minimum atomic E-state index is -4.61. The summed E-state index contributed by atoms with van der Waals surface area (Å²) in [5, 5.41) is 3.06. The first-order chi connectivity index (χ1) is 15.2. The molecule has 0 radical (unpaired) electrons. The molecule has 2 aliphatic rings. The fraction of sp³-hybridized carbons (Fsp3) is 0.625. The van der Waals surface area contributed by atoms with E-state index in [2.05, 4.69) is 23.7 Å². The van der Waals surface area contributed by atoms with Crippen LogP contribution in [0, 0.1) is 11.7 Å². The van der Waals surface area contributed by atoms with Gasteiger partial charge in [0.2, 0.25) is 5.91 Å². The molecule has 32 heavy (non-hydrogen) atoms. The number of benzene rings is 1. The molecule has 0 bridgehead atoms. The van der Waals surface area contributed by atoms with Gasteiger partial charge in [-0.15, -0.1) is 0 Å². The van der Waals surface area contributed by atoms with Crippen LogP contribution in [-0.2, 0) is 11.0 Å². The van der Waals surface area contributed by atoms with Crippen LogP contribution in [-0.4, -0.2) is 54.5 Å². The summed E-state index contributed by atoms with van der Waals surface area (Å²) in [5.41, 5.74) is -0.664. The molecule has 1 aromatic rings. The zero-order valence-electron chi connectivity index (χ0n) is 18.7. The van der Waals surface area contributed by atoms with Gasteiger partial charge in [-0.05, 0) is 62.8 Å². The number of carbonyl (C=O) groups excluding carboxylic acids is 1. The second-order valence-electron chi connectivity index (χ2n) is 8.94. The van der Waals surface area contributed by atoms with Crippen LogP contribution in [0.2, 0.25) is 0 Å². The lowest BCUT2D eigenvalue weighted by atomic mass is 9.96. The largest absolute Gasteiger partial charge is 0.416 e. The summed E-state index contributed by atoms with van der Waals surface area (Å²) in [6.45, 7) is 9.32. The third kappa shape index (κ3) is 6.47. The van der Waals surface area contributed by atoms with Crippen molar-refractivity contribution in [2.45, 2.75) is 57.7 Å². The average molecular weight is 456 g/mol. The number of alkyl halides is 3. The van der Waals surface area contributed by atoms with E-state index in [-0.39, 0.29) is 23.1 Å². The molecule has 2 saturated heterocycles. The molecule has 2 heterocycles. The van der Waals surface area contributed by atoms with Gasteiger partial charge < -0.3 is 10.2 Å². The Kier molecular flexibility index (Phi) is 8.20. The molecule has 8 heteroatoms. The Hall–Kier alpha value is -2.09. The molecular formula is C24H33F4N3O. The Morgan fingerprint density at radius 3 is 2.50 bits per heavy atom. The van der Waals surface area contributed by atoms with Gasteiger partial charge in [0.25, 0.3) is 0 Å². The first-order valence-corrected chi connectivity index (χ1v) is 11.5. The number of amides is 1. The predicted octanol–water partition coefficient (Wildman–Crippen LogP) is 4.91. The molecule has 1 amide bonds. The van der Waals surface area contributed by atoms with Crippen molar-refractivity contribution >= 4 is 11.6 Å². The van der Waals surface area contributed by atoms with Crippen molar-refractivity contribution in [2.24, 2.45) is 5.92 Å². The van der Waals surface area contributed by atoms with Crippen molar-refractivity contribution in [3.63, 3.8) is 0 Å². The highest BCUT2D eigenvalue weighted by atomic mass is 19.4. The maximum absolute atomic E-state index is 13.6. The number of carbonyl (C=O) groups is 1. The summed E-state index contributed by atoms with van der Waals surface area (Å²) in [7, 11) is 0. The van der Waals surface area contributed by atoms with E-state index in [4.69, 9.17) is 0 Å². The van der Waals surface area contributed by atoms with Crippen LogP contribution >= 0.6 is 0 Å². The van der Waals surface area contributed by atoms with Crippen LogP contribution in [0.25, 0.3) is 5.70 Å². The van der Waals surface area contributed by atoms with E-state index in [9.17, 15) is 22.4 Å². The van der Waals surface area contributed by atoms with Crippen molar-refractivity contribution in [1.29, 1.82) is 0 Å². The second kappa shape index (κ2) is 10.7. The summed E-state index contributed by atoms with van der Waals surface area (Å²) in [6.07, 6.45) is 1.65. The maximum Gasteiger partial charge on any atom is 0.416 e. The Morgan fingerprint density at radius 2 is 1.84 bits per heavy atom. The van der Waals surface area contributed by atoms with E-state index < -0.39 is 17.6 Å². The number of nitrogens with zero attached hydrogens (tertiary/aromatic N) is 2. The number of rotatable bonds is 7. The Labute approximate surface area is 187 Å². The number of hydrogen-bond acceptors (Lipinski definition) is 3. The summed E-state index contributed by atoms with van der Waals surface area (Å²) >= 11 is 0. The molecule has 0 aromatic heterocycles. The highest BCUT2D eigenvalue weighted by Crippen LogP contribution is 2.31. The minimum Gasteiger partial charge on any atom is -0.385 e. The Bertz CT molecular complexity index is 803. The van der Waals surface area contributed by atoms with E-state index >= 15 is 0 Å². The lowest BCUT2D eigenvalue weighted by Crippen LogP contribution is -2.48. The van der Waals surface area contributed by atoms with Gasteiger partial charge in [-0.1, -0.05) is 19.9 Å². The molecule has 1 unspecified atom stereocenters. The van der Waals surface area contributed by atoms with Crippen LogP contribution < -0.4 is 5.32 Å². The van der Waals surface area contributed by atoms with Crippen molar-refractivity contribution in [3.8, 4) is 0 Å². The fourth-order valence-electron chi connectivity index (χ4n) is 4.69. The molecule has 1 atom stereocenters. The SMILES string of the molecule is C=C(NCC1CCN(C(=O)CN2CCCCC2CC)CC1)c1cc(F)cc(C(F)(F)F)c1. The van der Waals surface area contributed by atoms with Gasteiger partial charge in [0, 0.05) is 36.9 Å². The number of nitrogens with one attached hydrogen (secondary N) is 1. The first-order valence-electron chi connectivity index (χ1n) is 11.5. The smallest absolute Gasteiger partial charge is 0.385 e. The molecule has 4 nitrogen and oxygen atoms in total. The number of hydrogen-bond donors (Lipinski definition) is 1. The minimum absolute atomic E-state index is 0.0944. The highest BCUT2D eigenvalue weighted by molar-refractivity contribution is 5.78. The summed E-state index contributed by atoms with van der Waals surface area (Å²) in [6, 6.07) is 2.94. The van der Waals surface area contributed by atoms with E-state index in [0.717, 1.165) is 50.8 Å². The number of piperidine rings is 2. The third-order valence-corrected chi connectivity index (χ3v) is 6.70.